The molecule has 0 amide bonds. The van der Waals surface area contributed by atoms with E-state index < -0.39 is 11.9 Å². The minimum absolute atomic E-state index is 0.521. The van der Waals surface area contributed by atoms with Gasteiger partial charge < -0.3 is 29.3 Å². The van der Waals surface area contributed by atoms with E-state index in [9.17, 15) is 0 Å². The Bertz CT molecular complexity index is 573. The van der Waals surface area contributed by atoms with Gasteiger partial charge in [-0.2, -0.15) is 0 Å². The molecule has 0 saturated heterocycles. The normalized spacial score (nSPS) is 10.3. The van der Waals surface area contributed by atoms with Crippen molar-refractivity contribution in [3.05, 3.63) is 29.8 Å². The Balaban J connectivity index is 0.000000896. The van der Waals surface area contributed by atoms with Crippen LogP contribution < -0.4 is 9.47 Å². The molecule has 26 heavy (non-hydrogen) atoms. The SMILES string of the molecule is CC=Cc1ccc(OCCOCCN(C)C)c(OC)c1.O=C(O)C(=O)O. The lowest BCUT2D eigenvalue weighted by Crippen LogP contribution is -2.19. The summed E-state index contributed by atoms with van der Waals surface area (Å²) in [5, 5.41) is 14.8. The number of likely N-dealkylation sites (N-methyl/N-ethyl adjacent to an activating group) is 1. The molecule has 0 atom stereocenters. The van der Waals surface area contributed by atoms with Crippen molar-refractivity contribution in [2.24, 2.45) is 0 Å². The van der Waals surface area contributed by atoms with Crippen molar-refractivity contribution < 1.29 is 34.0 Å². The number of hydrogen-bond acceptors (Lipinski definition) is 6. The molecule has 1 aromatic rings. The molecule has 0 unspecified atom stereocenters. The number of aliphatic carboxylic acids is 2. The average molecular weight is 369 g/mol. The molecule has 0 spiro atoms. The van der Waals surface area contributed by atoms with Crippen LogP contribution >= 0.6 is 0 Å². The zero-order chi connectivity index (χ0) is 19.9. The van der Waals surface area contributed by atoms with E-state index in [0.29, 0.717) is 19.8 Å². The van der Waals surface area contributed by atoms with Gasteiger partial charge in [-0.1, -0.05) is 18.2 Å². The molecule has 8 nitrogen and oxygen atoms in total. The summed E-state index contributed by atoms with van der Waals surface area (Å²) in [5.74, 6) is -2.16. The number of hydrogen-bond donors (Lipinski definition) is 2. The number of methoxy groups -OCH3 is 1. The maximum atomic E-state index is 9.10. The molecule has 8 heteroatoms. The number of rotatable bonds is 9. The highest BCUT2D eigenvalue weighted by Crippen LogP contribution is 2.28. The number of allylic oxidation sites excluding steroid dienone is 1. The van der Waals surface area contributed by atoms with Crippen molar-refractivity contribution in [1.29, 1.82) is 0 Å². The van der Waals surface area contributed by atoms with E-state index in [-0.39, 0.29) is 0 Å². The Kier molecular flexibility index (Phi) is 12.3. The molecule has 0 fully saturated rings. The third kappa shape index (κ3) is 11.1. The molecule has 0 heterocycles. The summed E-state index contributed by atoms with van der Waals surface area (Å²) in [6.45, 7) is 4.72. The Morgan fingerprint density at radius 1 is 1.08 bits per heavy atom. The molecule has 2 N–H and O–H groups in total. The fourth-order valence-corrected chi connectivity index (χ4v) is 1.66. The van der Waals surface area contributed by atoms with Gasteiger partial charge in [0.2, 0.25) is 0 Å². The van der Waals surface area contributed by atoms with Gasteiger partial charge in [0, 0.05) is 6.54 Å². The summed E-state index contributed by atoms with van der Waals surface area (Å²) < 4.78 is 16.5. The first-order valence-electron chi connectivity index (χ1n) is 7.94. The lowest BCUT2D eigenvalue weighted by molar-refractivity contribution is -0.159. The maximum absolute atomic E-state index is 9.10. The number of benzene rings is 1. The zero-order valence-electron chi connectivity index (χ0n) is 15.6. The molecule has 1 aromatic carbocycles. The second-order valence-corrected chi connectivity index (χ2v) is 5.28. The minimum atomic E-state index is -1.82. The van der Waals surface area contributed by atoms with Crippen LogP contribution in [-0.4, -0.2) is 74.6 Å². The van der Waals surface area contributed by atoms with E-state index in [2.05, 4.69) is 4.90 Å². The van der Waals surface area contributed by atoms with Crippen molar-refractivity contribution in [2.45, 2.75) is 6.92 Å². The smallest absolute Gasteiger partial charge is 0.414 e. The molecule has 0 aliphatic heterocycles. The summed E-state index contributed by atoms with van der Waals surface area (Å²) in [4.78, 5) is 20.3. The van der Waals surface area contributed by atoms with Gasteiger partial charge in [-0.05, 0) is 38.7 Å². The number of carboxylic acids is 2. The standard InChI is InChI=1S/C16H25NO3.C2H2O4/c1-5-6-14-7-8-15(16(13-14)18-4)20-12-11-19-10-9-17(2)3;3-1(4)2(5)6/h5-8,13H,9-12H2,1-4H3;(H,3,4)(H,5,6). The lowest BCUT2D eigenvalue weighted by Gasteiger charge is -2.12. The van der Waals surface area contributed by atoms with E-state index in [1.54, 1.807) is 7.11 Å². The maximum Gasteiger partial charge on any atom is 0.414 e. The minimum Gasteiger partial charge on any atom is -0.493 e. The third-order valence-corrected chi connectivity index (χ3v) is 2.90. The predicted octanol–water partition coefficient (Wildman–Crippen LogP) is 1.84. The molecule has 0 bridgehead atoms. The Labute approximate surface area is 153 Å². The second-order valence-electron chi connectivity index (χ2n) is 5.28. The van der Waals surface area contributed by atoms with E-state index in [4.69, 9.17) is 34.0 Å². The largest absolute Gasteiger partial charge is 0.493 e. The van der Waals surface area contributed by atoms with Crippen LogP contribution in [0.3, 0.4) is 0 Å². The Hall–Kier alpha value is -2.58. The summed E-state index contributed by atoms with van der Waals surface area (Å²) in [6, 6.07) is 5.89. The van der Waals surface area contributed by atoms with Crippen LogP contribution in [0, 0.1) is 0 Å². The first-order chi connectivity index (χ1) is 12.3. The van der Waals surface area contributed by atoms with E-state index in [0.717, 1.165) is 23.6 Å². The molecule has 146 valence electrons. The van der Waals surface area contributed by atoms with E-state index in [1.165, 1.54) is 0 Å². The highest BCUT2D eigenvalue weighted by molar-refractivity contribution is 6.27. The van der Waals surface area contributed by atoms with E-state index in [1.807, 2.05) is 51.4 Å². The van der Waals surface area contributed by atoms with Gasteiger partial charge in [0.05, 0.1) is 20.3 Å². The fourth-order valence-electron chi connectivity index (χ4n) is 1.66. The summed E-state index contributed by atoms with van der Waals surface area (Å²) in [6.07, 6.45) is 4.02. The number of carboxylic acid groups (broad SMARTS) is 2. The monoisotopic (exact) mass is 369 g/mol. The Morgan fingerprint density at radius 2 is 1.73 bits per heavy atom. The zero-order valence-corrected chi connectivity index (χ0v) is 15.6. The van der Waals surface area contributed by atoms with Gasteiger partial charge in [-0.3, -0.25) is 0 Å². The molecule has 0 aliphatic rings. The van der Waals surface area contributed by atoms with Crippen molar-refractivity contribution in [3.8, 4) is 11.5 Å². The fraction of sp³-hybridized carbons (Fsp3) is 0.444. The molecule has 0 radical (unpaired) electrons. The van der Waals surface area contributed by atoms with Gasteiger partial charge in [0.25, 0.3) is 0 Å². The van der Waals surface area contributed by atoms with E-state index >= 15 is 0 Å². The van der Waals surface area contributed by atoms with Crippen LogP contribution in [0.2, 0.25) is 0 Å². The first kappa shape index (κ1) is 23.4. The second kappa shape index (κ2) is 13.7. The highest BCUT2D eigenvalue weighted by Gasteiger charge is 2.05. The van der Waals surface area contributed by atoms with Crippen molar-refractivity contribution in [3.63, 3.8) is 0 Å². The predicted molar refractivity (Wildman–Crippen MR) is 97.8 cm³/mol. The van der Waals surface area contributed by atoms with Gasteiger partial charge in [0.1, 0.15) is 6.61 Å². The lowest BCUT2D eigenvalue weighted by atomic mass is 10.2. The molecular formula is C18H27NO7. The van der Waals surface area contributed by atoms with Crippen LogP contribution in [0.1, 0.15) is 12.5 Å². The molecular weight excluding hydrogens is 342 g/mol. The molecule has 0 aromatic heterocycles. The van der Waals surface area contributed by atoms with Crippen molar-refractivity contribution >= 4 is 18.0 Å². The van der Waals surface area contributed by atoms with Gasteiger partial charge in [0.15, 0.2) is 11.5 Å². The molecule has 0 saturated carbocycles. The Morgan fingerprint density at radius 3 is 2.23 bits per heavy atom. The third-order valence-electron chi connectivity index (χ3n) is 2.90. The van der Waals surface area contributed by atoms with Gasteiger partial charge >= 0.3 is 11.9 Å². The average Bonchev–Trinajstić information content (AvgIpc) is 2.59. The quantitative estimate of drug-likeness (QED) is 0.502. The summed E-state index contributed by atoms with van der Waals surface area (Å²) in [5.41, 5.74) is 1.10. The van der Waals surface area contributed by atoms with Gasteiger partial charge in [-0.15, -0.1) is 0 Å². The molecule has 0 aliphatic carbocycles. The highest BCUT2D eigenvalue weighted by atomic mass is 16.5. The molecule has 1 rings (SSSR count). The topological polar surface area (TPSA) is 106 Å². The van der Waals surface area contributed by atoms with Crippen LogP contribution in [0.5, 0.6) is 11.5 Å². The number of ether oxygens (including phenoxy) is 3. The number of carbonyl (C=O) groups is 2. The first-order valence-corrected chi connectivity index (χ1v) is 7.94. The van der Waals surface area contributed by atoms with Crippen LogP contribution in [-0.2, 0) is 14.3 Å². The van der Waals surface area contributed by atoms with Crippen molar-refractivity contribution in [2.75, 3.05) is 47.6 Å². The van der Waals surface area contributed by atoms with Crippen LogP contribution in [0.25, 0.3) is 6.08 Å². The number of nitrogens with zero attached hydrogens (tertiary/aromatic N) is 1. The van der Waals surface area contributed by atoms with Crippen molar-refractivity contribution in [1.82, 2.24) is 4.90 Å². The van der Waals surface area contributed by atoms with Crippen LogP contribution in [0.4, 0.5) is 0 Å². The van der Waals surface area contributed by atoms with Crippen LogP contribution in [0.15, 0.2) is 24.3 Å². The summed E-state index contributed by atoms with van der Waals surface area (Å²) >= 11 is 0. The van der Waals surface area contributed by atoms with Gasteiger partial charge in [-0.25, -0.2) is 9.59 Å². The summed E-state index contributed by atoms with van der Waals surface area (Å²) in [7, 11) is 5.70.